The first kappa shape index (κ1) is 22.6. The van der Waals surface area contributed by atoms with E-state index >= 15 is 0 Å². The van der Waals surface area contributed by atoms with Crippen LogP contribution in [0.25, 0.3) is 11.0 Å². The number of amides is 2. The Morgan fingerprint density at radius 2 is 1.83 bits per heavy atom. The molecule has 0 radical (unpaired) electrons. The van der Waals surface area contributed by atoms with Gasteiger partial charge in [-0.1, -0.05) is 11.8 Å². The van der Waals surface area contributed by atoms with Gasteiger partial charge in [0.05, 0.1) is 34.9 Å². The second kappa shape index (κ2) is 10.2. The molecule has 158 valence electrons. The van der Waals surface area contributed by atoms with Crippen LogP contribution in [-0.2, 0) is 16.1 Å². The Labute approximate surface area is 170 Å². The summed E-state index contributed by atoms with van der Waals surface area (Å²) in [5, 5.41) is 34.7. The molecule has 0 unspecified atom stereocenters. The molecule has 0 saturated carbocycles. The van der Waals surface area contributed by atoms with Gasteiger partial charge >= 0.3 is 0 Å². The molecule has 1 aromatic heterocycles. The van der Waals surface area contributed by atoms with Crippen LogP contribution in [0, 0.1) is 10.1 Å². The lowest BCUT2D eigenvalue weighted by atomic mass is 10.3. The standard InChI is InChI=1S/C17H23N5O6S/c1-10(7-23)18-15(25)6-21-14-4-3-12(22(27)28)5-13(14)20-17(21)29-9-16(26)19-11(2)8-24/h3-5,10-11,23-24H,6-9H2,1-2H3,(H,18,25)(H,19,26)/t10-,11-/m1/s1. The Kier molecular flexibility index (Phi) is 7.93. The third-order valence-corrected chi connectivity index (χ3v) is 4.88. The van der Waals surface area contributed by atoms with E-state index in [2.05, 4.69) is 15.6 Å². The number of aliphatic hydroxyl groups excluding tert-OH is 2. The van der Waals surface area contributed by atoms with Gasteiger partial charge in [-0.05, 0) is 19.9 Å². The van der Waals surface area contributed by atoms with Crippen LogP contribution in [0.5, 0.6) is 0 Å². The number of non-ortho nitro benzene ring substituents is 1. The van der Waals surface area contributed by atoms with Crippen molar-refractivity contribution in [2.45, 2.75) is 37.6 Å². The van der Waals surface area contributed by atoms with Crippen LogP contribution in [0.2, 0.25) is 0 Å². The number of nitro benzene ring substituents is 1. The number of carbonyl (C=O) groups excluding carboxylic acids is 2. The number of thioether (sulfide) groups is 1. The molecule has 11 nitrogen and oxygen atoms in total. The number of hydrogen-bond donors (Lipinski definition) is 4. The molecule has 0 aliphatic carbocycles. The minimum atomic E-state index is -0.537. The summed E-state index contributed by atoms with van der Waals surface area (Å²) in [6.07, 6.45) is 0. The number of hydrogen-bond acceptors (Lipinski definition) is 8. The van der Waals surface area contributed by atoms with E-state index in [1.807, 2.05) is 0 Å². The van der Waals surface area contributed by atoms with Crippen molar-refractivity contribution in [2.24, 2.45) is 0 Å². The molecule has 0 bridgehead atoms. The summed E-state index contributed by atoms with van der Waals surface area (Å²) in [4.78, 5) is 39.1. The molecular formula is C17H23N5O6S. The zero-order chi connectivity index (χ0) is 21.6. The van der Waals surface area contributed by atoms with E-state index in [0.717, 1.165) is 11.8 Å². The maximum Gasteiger partial charge on any atom is 0.271 e. The van der Waals surface area contributed by atoms with Crippen molar-refractivity contribution in [3.05, 3.63) is 28.3 Å². The number of nitro groups is 1. The fourth-order valence-corrected chi connectivity index (χ4v) is 3.30. The number of fused-ring (bicyclic) bond motifs is 1. The normalized spacial score (nSPS) is 13.1. The SMILES string of the molecule is C[C@H](CO)NC(=O)CSc1nc2cc([N+](=O)[O-])ccc2n1CC(=O)N[C@H](C)CO. The van der Waals surface area contributed by atoms with Gasteiger partial charge in [0.1, 0.15) is 6.54 Å². The number of nitrogens with zero attached hydrogens (tertiary/aromatic N) is 3. The zero-order valence-electron chi connectivity index (χ0n) is 16.0. The van der Waals surface area contributed by atoms with Crippen molar-refractivity contribution >= 4 is 40.3 Å². The van der Waals surface area contributed by atoms with Gasteiger partial charge in [-0.15, -0.1) is 0 Å². The van der Waals surface area contributed by atoms with Crippen molar-refractivity contribution in [1.82, 2.24) is 20.2 Å². The lowest BCUT2D eigenvalue weighted by Crippen LogP contribution is -2.37. The van der Waals surface area contributed by atoms with Gasteiger partial charge in [-0.3, -0.25) is 19.7 Å². The number of carbonyl (C=O) groups is 2. The average molecular weight is 425 g/mol. The summed E-state index contributed by atoms with van der Waals surface area (Å²) < 4.78 is 1.56. The molecule has 0 saturated heterocycles. The van der Waals surface area contributed by atoms with Crippen molar-refractivity contribution in [1.29, 1.82) is 0 Å². The molecule has 0 aliphatic heterocycles. The molecule has 0 aliphatic rings. The zero-order valence-corrected chi connectivity index (χ0v) is 16.8. The van der Waals surface area contributed by atoms with Gasteiger partial charge in [0.15, 0.2) is 5.16 Å². The summed E-state index contributed by atoms with van der Waals surface area (Å²) in [5.74, 6) is -0.700. The quantitative estimate of drug-likeness (QED) is 0.236. The molecule has 2 atom stereocenters. The highest BCUT2D eigenvalue weighted by molar-refractivity contribution is 7.99. The molecule has 12 heteroatoms. The molecule has 0 fully saturated rings. The highest BCUT2D eigenvalue weighted by atomic mass is 32.2. The fourth-order valence-electron chi connectivity index (χ4n) is 2.47. The molecule has 0 spiro atoms. The maximum atomic E-state index is 12.3. The number of aromatic nitrogens is 2. The molecule has 1 aromatic carbocycles. The van der Waals surface area contributed by atoms with E-state index in [0.29, 0.717) is 16.2 Å². The van der Waals surface area contributed by atoms with E-state index in [4.69, 9.17) is 10.2 Å². The first-order valence-electron chi connectivity index (χ1n) is 8.83. The second-order valence-corrected chi connectivity index (χ2v) is 7.44. The topological polar surface area (TPSA) is 160 Å². The van der Waals surface area contributed by atoms with Crippen molar-refractivity contribution < 1.29 is 24.7 Å². The van der Waals surface area contributed by atoms with Crippen LogP contribution in [-0.4, -0.2) is 67.6 Å². The maximum absolute atomic E-state index is 12.3. The molecule has 2 amide bonds. The largest absolute Gasteiger partial charge is 0.394 e. The van der Waals surface area contributed by atoms with Gasteiger partial charge in [-0.2, -0.15) is 0 Å². The van der Waals surface area contributed by atoms with Crippen LogP contribution < -0.4 is 10.6 Å². The van der Waals surface area contributed by atoms with Crippen LogP contribution in [0.15, 0.2) is 23.4 Å². The number of nitrogens with one attached hydrogen (secondary N) is 2. The smallest absolute Gasteiger partial charge is 0.271 e. The average Bonchev–Trinajstić information content (AvgIpc) is 3.02. The van der Waals surface area contributed by atoms with Gasteiger partial charge in [0.25, 0.3) is 5.69 Å². The first-order chi connectivity index (χ1) is 13.7. The van der Waals surface area contributed by atoms with Crippen LogP contribution in [0.1, 0.15) is 13.8 Å². The highest BCUT2D eigenvalue weighted by Gasteiger charge is 2.19. The van der Waals surface area contributed by atoms with Crippen LogP contribution >= 0.6 is 11.8 Å². The van der Waals surface area contributed by atoms with Crippen molar-refractivity contribution in [2.75, 3.05) is 19.0 Å². The Morgan fingerprint density at radius 3 is 2.41 bits per heavy atom. The summed E-state index contributed by atoms with van der Waals surface area (Å²) in [6, 6.07) is 3.30. The van der Waals surface area contributed by atoms with Crippen molar-refractivity contribution in [3.63, 3.8) is 0 Å². The van der Waals surface area contributed by atoms with Gasteiger partial charge in [0, 0.05) is 24.2 Å². The fraction of sp³-hybridized carbons (Fsp3) is 0.471. The van der Waals surface area contributed by atoms with Gasteiger partial charge < -0.3 is 25.4 Å². The molecule has 29 heavy (non-hydrogen) atoms. The predicted octanol–water partition coefficient (Wildman–Crippen LogP) is 0.0306. The minimum absolute atomic E-state index is 0.00951. The monoisotopic (exact) mass is 425 g/mol. The molecule has 4 N–H and O–H groups in total. The van der Waals surface area contributed by atoms with Gasteiger partial charge in [-0.25, -0.2) is 4.98 Å². The van der Waals surface area contributed by atoms with E-state index in [-0.39, 0.29) is 43.0 Å². The predicted molar refractivity (Wildman–Crippen MR) is 106 cm³/mol. The lowest BCUT2D eigenvalue weighted by molar-refractivity contribution is -0.384. The van der Waals surface area contributed by atoms with Gasteiger partial charge in [0.2, 0.25) is 11.8 Å². The Hall–Kier alpha value is -2.70. The van der Waals surface area contributed by atoms with E-state index in [1.165, 1.54) is 18.2 Å². The third kappa shape index (κ3) is 6.14. The Bertz CT molecular complexity index is 902. The number of benzene rings is 1. The lowest BCUT2D eigenvalue weighted by Gasteiger charge is -2.13. The van der Waals surface area contributed by atoms with E-state index in [1.54, 1.807) is 18.4 Å². The van der Waals surface area contributed by atoms with Crippen LogP contribution in [0.3, 0.4) is 0 Å². The number of imidazole rings is 1. The second-order valence-electron chi connectivity index (χ2n) is 6.50. The van der Waals surface area contributed by atoms with E-state index < -0.39 is 17.0 Å². The summed E-state index contributed by atoms with van der Waals surface area (Å²) >= 11 is 1.07. The summed E-state index contributed by atoms with van der Waals surface area (Å²) in [5.41, 5.74) is 0.703. The van der Waals surface area contributed by atoms with Crippen LogP contribution in [0.4, 0.5) is 5.69 Å². The Balaban J connectivity index is 2.29. The highest BCUT2D eigenvalue weighted by Crippen LogP contribution is 2.27. The molecular weight excluding hydrogens is 402 g/mol. The summed E-state index contributed by atoms with van der Waals surface area (Å²) in [7, 11) is 0. The first-order valence-corrected chi connectivity index (χ1v) is 9.81. The third-order valence-electron chi connectivity index (χ3n) is 3.90. The molecule has 1 heterocycles. The van der Waals surface area contributed by atoms with Crippen molar-refractivity contribution in [3.8, 4) is 0 Å². The molecule has 2 aromatic rings. The number of rotatable bonds is 10. The molecule has 2 rings (SSSR count). The Morgan fingerprint density at radius 1 is 1.21 bits per heavy atom. The summed E-state index contributed by atoms with van der Waals surface area (Å²) in [6.45, 7) is 2.77. The number of aliphatic hydroxyl groups is 2. The van der Waals surface area contributed by atoms with E-state index in [9.17, 15) is 19.7 Å². The minimum Gasteiger partial charge on any atom is -0.394 e.